The molecule has 5 rings (SSSR count). The summed E-state index contributed by atoms with van der Waals surface area (Å²) < 4.78 is 13.0. The Balaban J connectivity index is 1.32. The third-order valence-electron chi connectivity index (χ3n) is 6.33. The van der Waals surface area contributed by atoms with Crippen molar-refractivity contribution in [2.75, 3.05) is 13.1 Å². The summed E-state index contributed by atoms with van der Waals surface area (Å²) in [6, 6.07) is 19.4. The van der Waals surface area contributed by atoms with Crippen LogP contribution in [0.4, 0.5) is 4.79 Å². The van der Waals surface area contributed by atoms with Crippen LogP contribution in [0.15, 0.2) is 77.2 Å². The number of carbonyl (C=O) groups is 1. The lowest BCUT2D eigenvalue weighted by atomic mass is 9.99. The summed E-state index contributed by atoms with van der Waals surface area (Å²) in [6.07, 6.45) is 3.11. The van der Waals surface area contributed by atoms with Crippen LogP contribution in [0.25, 0.3) is 11.3 Å². The summed E-state index contributed by atoms with van der Waals surface area (Å²) in [5.41, 5.74) is 6.20. The minimum atomic E-state index is -0.505. The molecule has 2 aliphatic rings. The number of hydrogen-bond donors (Lipinski definition) is 0. The van der Waals surface area contributed by atoms with E-state index in [-0.39, 0.29) is 11.7 Å². The van der Waals surface area contributed by atoms with Gasteiger partial charge in [0.05, 0.1) is 0 Å². The SMILES string of the molecule is CC(C)(C)OC(=O)N1CCC2=C(Cc3ccc(-n4ccc(OCc5ccccc5)cc4=O)cc32)C1. The molecule has 6 nitrogen and oxygen atoms in total. The van der Waals surface area contributed by atoms with Gasteiger partial charge >= 0.3 is 6.09 Å². The number of pyridine rings is 1. The van der Waals surface area contributed by atoms with Gasteiger partial charge in [-0.25, -0.2) is 4.79 Å². The molecule has 0 saturated heterocycles. The Morgan fingerprint density at radius 2 is 1.83 bits per heavy atom. The highest BCUT2D eigenvalue weighted by Crippen LogP contribution is 2.39. The highest BCUT2D eigenvalue weighted by atomic mass is 16.6. The summed E-state index contributed by atoms with van der Waals surface area (Å²) in [4.78, 5) is 27.2. The molecule has 0 saturated carbocycles. The summed E-state index contributed by atoms with van der Waals surface area (Å²) in [5, 5.41) is 0. The van der Waals surface area contributed by atoms with Gasteiger partial charge in [0.15, 0.2) is 0 Å². The maximum absolute atomic E-state index is 12.9. The van der Waals surface area contributed by atoms with Gasteiger partial charge in [-0.15, -0.1) is 0 Å². The molecular formula is C29H30N2O4. The van der Waals surface area contributed by atoms with E-state index >= 15 is 0 Å². The van der Waals surface area contributed by atoms with Crippen LogP contribution in [-0.4, -0.2) is 34.3 Å². The largest absolute Gasteiger partial charge is 0.489 e. The van der Waals surface area contributed by atoms with E-state index in [4.69, 9.17) is 9.47 Å². The molecule has 6 heteroatoms. The van der Waals surface area contributed by atoms with E-state index in [1.807, 2.05) is 63.2 Å². The Morgan fingerprint density at radius 1 is 1.03 bits per heavy atom. The van der Waals surface area contributed by atoms with Crippen LogP contribution in [0.3, 0.4) is 0 Å². The molecule has 0 unspecified atom stereocenters. The number of aromatic nitrogens is 1. The highest BCUT2D eigenvalue weighted by Gasteiger charge is 2.31. The quantitative estimate of drug-likeness (QED) is 0.515. The second kappa shape index (κ2) is 9.10. The monoisotopic (exact) mass is 470 g/mol. The van der Waals surface area contributed by atoms with E-state index in [0.29, 0.717) is 25.4 Å². The summed E-state index contributed by atoms with van der Waals surface area (Å²) in [5.74, 6) is 0.552. The average molecular weight is 471 g/mol. The Morgan fingerprint density at radius 3 is 2.57 bits per heavy atom. The Bertz CT molecular complexity index is 1350. The third-order valence-corrected chi connectivity index (χ3v) is 6.33. The van der Waals surface area contributed by atoms with E-state index in [0.717, 1.165) is 24.1 Å². The fourth-order valence-electron chi connectivity index (χ4n) is 4.68. The van der Waals surface area contributed by atoms with E-state index < -0.39 is 5.60 Å². The summed E-state index contributed by atoms with van der Waals surface area (Å²) in [7, 11) is 0. The minimum Gasteiger partial charge on any atom is -0.489 e. The molecule has 0 atom stereocenters. The Hall–Kier alpha value is -3.80. The highest BCUT2D eigenvalue weighted by molar-refractivity contribution is 5.81. The third kappa shape index (κ3) is 5.02. The topological polar surface area (TPSA) is 60.8 Å². The van der Waals surface area contributed by atoms with Crippen LogP contribution >= 0.6 is 0 Å². The number of carbonyl (C=O) groups excluding carboxylic acids is 1. The average Bonchev–Trinajstić information content (AvgIpc) is 3.19. The van der Waals surface area contributed by atoms with Crippen molar-refractivity contribution >= 4 is 11.7 Å². The Labute approximate surface area is 205 Å². The van der Waals surface area contributed by atoms with E-state index in [1.54, 1.807) is 15.7 Å². The van der Waals surface area contributed by atoms with Crippen molar-refractivity contribution in [1.29, 1.82) is 0 Å². The Kier molecular flexibility index (Phi) is 5.97. The fourth-order valence-corrected chi connectivity index (χ4v) is 4.68. The molecule has 3 aromatic rings. The van der Waals surface area contributed by atoms with Gasteiger partial charge in [-0.1, -0.05) is 36.4 Å². The van der Waals surface area contributed by atoms with E-state index in [9.17, 15) is 9.59 Å². The molecule has 2 aromatic carbocycles. The van der Waals surface area contributed by atoms with E-state index in [2.05, 4.69) is 12.1 Å². The molecule has 1 aliphatic carbocycles. The molecule has 0 fully saturated rings. The number of rotatable bonds is 4. The summed E-state index contributed by atoms with van der Waals surface area (Å²) in [6.45, 7) is 7.29. The molecule has 2 heterocycles. The van der Waals surface area contributed by atoms with Gasteiger partial charge in [0.2, 0.25) is 0 Å². The van der Waals surface area contributed by atoms with Crippen LogP contribution in [0.5, 0.6) is 5.75 Å². The smallest absolute Gasteiger partial charge is 0.410 e. The van der Waals surface area contributed by atoms with Crippen molar-refractivity contribution < 1.29 is 14.3 Å². The fraction of sp³-hybridized carbons (Fsp3) is 0.310. The van der Waals surface area contributed by atoms with Crippen LogP contribution in [0.2, 0.25) is 0 Å². The lowest BCUT2D eigenvalue weighted by Crippen LogP contribution is -2.40. The van der Waals surface area contributed by atoms with Crippen LogP contribution in [0.1, 0.15) is 43.9 Å². The van der Waals surface area contributed by atoms with Crippen molar-refractivity contribution in [3.05, 3.63) is 99.5 Å². The van der Waals surface area contributed by atoms with Crippen LogP contribution in [-0.2, 0) is 17.8 Å². The molecule has 0 spiro atoms. The van der Waals surface area contributed by atoms with Gasteiger partial charge in [-0.2, -0.15) is 0 Å². The van der Waals surface area contributed by atoms with Crippen molar-refractivity contribution in [2.24, 2.45) is 0 Å². The molecule has 1 aromatic heterocycles. The van der Waals surface area contributed by atoms with Gasteiger partial charge in [-0.3, -0.25) is 9.36 Å². The molecule has 180 valence electrons. The zero-order valence-corrected chi connectivity index (χ0v) is 20.4. The van der Waals surface area contributed by atoms with Crippen LogP contribution in [0, 0.1) is 0 Å². The molecule has 0 radical (unpaired) electrons. The van der Waals surface area contributed by atoms with Crippen molar-refractivity contribution in [2.45, 2.75) is 45.8 Å². The van der Waals surface area contributed by atoms with Gasteiger partial charge in [-0.05, 0) is 79.6 Å². The van der Waals surface area contributed by atoms with Crippen molar-refractivity contribution in [1.82, 2.24) is 9.47 Å². The van der Waals surface area contributed by atoms with Crippen molar-refractivity contribution in [3.63, 3.8) is 0 Å². The first-order valence-electron chi connectivity index (χ1n) is 12.0. The lowest BCUT2D eigenvalue weighted by molar-refractivity contribution is 0.0264. The van der Waals surface area contributed by atoms with Gasteiger partial charge in [0, 0.05) is 31.0 Å². The first-order chi connectivity index (χ1) is 16.8. The minimum absolute atomic E-state index is 0.137. The van der Waals surface area contributed by atoms with Gasteiger partial charge in [0.1, 0.15) is 18.0 Å². The second-order valence-electron chi connectivity index (χ2n) is 10.1. The normalized spacial score (nSPS) is 15.0. The number of nitrogens with zero attached hydrogens (tertiary/aromatic N) is 2. The number of amides is 1. The van der Waals surface area contributed by atoms with Crippen molar-refractivity contribution in [3.8, 4) is 11.4 Å². The molecular weight excluding hydrogens is 440 g/mol. The van der Waals surface area contributed by atoms with Crippen LogP contribution < -0.4 is 10.3 Å². The van der Waals surface area contributed by atoms with Gasteiger partial charge < -0.3 is 14.4 Å². The first kappa shape index (κ1) is 23.0. The molecule has 1 aliphatic heterocycles. The first-order valence-corrected chi connectivity index (χ1v) is 12.0. The predicted molar refractivity (Wildman–Crippen MR) is 136 cm³/mol. The number of hydrogen-bond acceptors (Lipinski definition) is 4. The maximum Gasteiger partial charge on any atom is 0.410 e. The maximum atomic E-state index is 12.9. The lowest BCUT2D eigenvalue weighted by Gasteiger charge is -2.31. The molecule has 1 amide bonds. The van der Waals surface area contributed by atoms with Gasteiger partial charge in [0.25, 0.3) is 5.56 Å². The zero-order valence-electron chi connectivity index (χ0n) is 20.4. The second-order valence-corrected chi connectivity index (χ2v) is 10.1. The standard InChI is InChI=1S/C29H30N2O4/c1-29(2,3)35-28(33)30-13-12-25-22(18-30)15-21-9-10-23(16-26(21)25)31-14-11-24(17-27(31)32)34-19-20-7-5-4-6-8-20/h4-11,14,16-17H,12-13,15,18-19H2,1-3H3. The number of fused-ring (bicyclic) bond motifs is 2. The summed E-state index contributed by atoms with van der Waals surface area (Å²) >= 11 is 0. The predicted octanol–water partition coefficient (Wildman–Crippen LogP) is 5.37. The molecule has 0 bridgehead atoms. The molecule has 35 heavy (non-hydrogen) atoms. The number of ether oxygens (including phenoxy) is 2. The van der Waals surface area contributed by atoms with E-state index in [1.165, 1.54) is 28.3 Å². The molecule has 0 N–H and O–H groups in total. The number of benzene rings is 2. The zero-order chi connectivity index (χ0) is 24.6.